The van der Waals surface area contributed by atoms with Crippen LogP contribution >= 0.6 is 34.5 Å². The molecule has 0 saturated carbocycles. The molecule has 0 spiro atoms. The summed E-state index contributed by atoms with van der Waals surface area (Å²) in [6.07, 6.45) is 1.72. The largest absolute Gasteiger partial charge is 0.322 e. The van der Waals surface area contributed by atoms with Crippen LogP contribution in [0.4, 0.5) is 5.69 Å². The maximum atomic E-state index is 12.9. The van der Waals surface area contributed by atoms with Crippen LogP contribution in [-0.2, 0) is 0 Å². The molecule has 0 aliphatic rings. The zero-order chi connectivity index (χ0) is 18.8. The van der Waals surface area contributed by atoms with Crippen molar-refractivity contribution in [1.29, 1.82) is 0 Å². The molecule has 4 aromatic rings. The molecule has 0 atom stereocenters. The van der Waals surface area contributed by atoms with E-state index in [1.807, 2.05) is 36.4 Å². The number of carbonyl (C=O) groups is 1. The minimum absolute atomic E-state index is 0.265. The molecule has 0 unspecified atom stereocenters. The summed E-state index contributed by atoms with van der Waals surface area (Å²) in [6.45, 7) is 0. The van der Waals surface area contributed by atoms with E-state index in [-0.39, 0.29) is 5.91 Å². The van der Waals surface area contributed by atoms with Crippen LogP contribution in [0, 0.1) is 0 Å². The van der Waals surface area contributed by atoms with Crippen molar-refractivity contribution in [2.24, 2.45) is 0 Å². The predicted octanol–water partition coefficient (Wildman–Crippen LogP) is 6.16. The fraction of sp³-hybridized carbons (Fsp3) is 0. The summed E-state index contributed by atoms with van der Waals surface area (Å²) in [5, 5.41) is 8.06. The van der Waals surface area contributed by atoms with Gasteiger partial charge in [0.1, 0.15) is 5.69 Å². The van der Waals surface area contributed by atoms with Gasteiger partial charge < -0.3 is 5.32 Å². The zero-order valence-corrected chi connectivity index (χ0v) is 16.2. The van der Waals surface area contributed by atoms with E-state index in [2.05, 4.69) is 10.4 Å². The summed E-state index contributed by atoms with van der Waals surface area (Å²) in [7, 11) is 0. The molecule has 0 bridgehead atoms. The number of anilines is 1. The minimum Gasteiger partial charge on any atom is -0.322 e. The second kappa shape index (κ2) is 7.56. The molecule has 1 N–H and O–H groups in total. The summed E-state index contributed by atoms with van der Waals surface area (Å²) >= 11 is 13.5. The van der Waals surface area contributed by atoms with E-state index in [0.717, 1.165) is 10.6 Å². The fourth-order valence-electron chi connectivity index (χ4n) is 2.64. The molecule has 0 fully saturated rings. The predicted molar refractivity (Wildman–Crippen MR) is 111 cm³/mol. The van der Waals surface area contributed by atoms with Gasteiger partial charge in [-0.2, -0.15) is 5.10 Å². The Morgan fingerprint density at radius 3 is 2.52 bits per heavy atom. The summed E-state index contributed by atoms with van der Waals surface area (Å²) in [5.41, 5.74) is 2.52. The Morgan fingerprint density at radius 1 is 1.00 bits per heavy atom. The topological polar surface area (TPSA) is 46.9 Å². The van der Waals surface area contributed by atoms with Crippen molar-refractivity contribution in [3.05, 3.63) is 87.8 Å². The van der Waals surface area contributed by atoms with Crippen LogP contribution < -0.4 is 5.32 Å². The number of para-hydroxylation sites is 1. The van der Waals surface area contributed by atoms with Gasteiger partial charge in [-0.05, 0) is 42.5 Å². The van der Waals surface area contributed by atoms with E-state index in [0.29, 0.717) is 26.3 Å². The molecule has 2 aromatic carbocycles. The molecule has 0 aliphatic carbocycles. The second-order valence-electron chi connectivity index (χ2n) is 5.74. The third-order valence-corrected chi connectivity index (χ3v) is 5.34. The molecular formula is C20H13Cl2N3OS. The minimum atomic E-state index is -0.265. The number of hydrogen-bond donors (Lipinski definition) is 1. The number of halogens is 2. The van der Waals surface area contributed by atoms with Crippen molar-refractivity contribution in [3.8, 4) is 16.3 Å². The molecular weight excluding hydrogens is 401 g/mol. The number of rotatable bonds is 4. The molecule has 2 heterocycles. The van der Waals surface area contributed by atoms with Crippen LogP contribution in [0.25, 0.3) is 16.3 Å². The summed E-state index contributed by atoms with van der Waals surface area (Å²) in [4.78, 5) is 13.8. The SMILES string of the molecule is O=C(Nc1cccc(Cl)c1)c1cn(-c2ccccc2)nc1-c1ccc(Cl)s1. The van der Waals surface area contributed by atoms with E-state index in [1.165, 1.54) is 11.3 Å². The van der Waals surface area contributed by atoms with Crippen molar-refractivity contribution >= 4 is 46.1 Å². The molecule has 134 valence electrons. The maximum absolute atomic E-state index is 12.9. The summed E-state index contributed by atoms with van der Waals surface area (Å²) in [5.74, 6) is -0.265. The normalized spacial score (nSPS) is 10.7. The first-order chi connectivity index (χ1) is 13.1. The first-order valence-electron chi connectivity index (χ1n) is 8.08. The van der Waals surface area contributed by atoms with Crippen LogP contribution in [-0.4, -0.2) is 15.7 Å². The molecule has 0 saturated heterocycles. The molecule has 4 nitrogen and oxygen atoms in total. The van der Waals surface area contributed by atoms with Crippen molar-refractivity contribution < 1.29 is 4.79 Å². The van der Waals surface area contributed by atoms with Gasteiger partial charge in [0.15, 0.2) is 0 Å². The van der Waals surface area contributed by atoms with Gasteiger partial charge in [0, 0.05) is 16.9 Å². The highest BCUT2D eigenvalue weighted by Gasteiger charge is 2.20. The van der Waals surface area contributed by atoms with Gasteiger partial charge in [0.2, 0.25) is 0 Å². The smallest absolute Gasteiger partial charge is 0.259 e. The van der Waals surface area contributed by atoms with E-state index >= 15 is 0 Å². The van der Waals surface area contributed by atoms with Crippen LogP contribution in [0.1, 0.15) is 10.4 Å². The molecule has 0 aliphatic heterocycles. The van der Waals surface area contributed by atoms with Gasteiger partial charge in [-0.25, -0.2) is 4.68 Å². The average molecular weight is 414 g/mol. The van der Waals surface area contributed by atoms with Crippen molar-refractivity contribution in [1.82, 2.24) is 9.78 Å². The zero-order valence-electron chi connectivity index (χ0n) is 13.9. The number of nitrogens with one attached hydrogen (secondary N) is 1. The van der Waals surface area contributed by atoms with Crippen molar-refractivity contribution in [3.63, 3.8) is 0 Å². The number of amides is 1. The molecule has 7 heteroatoms. The van der Waals surface area contributed by atoms with Crippen molar-refractivity contribution in [2.75, 3.05) is 5.32 Å². The fourth-order valence-corrected chi connectivity index (χ4v) is 3.87. The Kier molecular flexibility index (Phi) is 4.99. The lowest BCUT2D eigenvalue weighted by molar-refractivity contribution is 0.102. The Labute approximate surface area is 170 Å². The van der Waals surface area contributed by atoms with Crippen LogP contribution in [0.3, 0.4) is 0 Å². The second-order valence-corrected chi connectivity index (χ2v) is 7.89. The number of aromatic nitrogens is 2. The first-order valence-corrected chi connectivity index (χ1v) is 9.65. The third-order valence-electron chi connectivity index (χ3n) is 3.87. The van der Waals surface area contributed by atoms with Crippen molar-refractivity contribution in [2.45, 2.75) is 0 Å². The Hall–Kier alpha value is -2.60. The van der Waals surface area contributed by atoms with Gasteiger partial charge in [0.25, 0.3) is 5.91 Å². The molecule has 0 radical (unpaired) electrons. The molecule has 2 aromatic heterocycles. The highest BCUT2D eigenvalue weighted by atomic mass is 35.5. The number of hydrogen-bond acceptors (Lipinski definition) is 3. The lowest BCUT2D eigenvalue weighted by Crippen LogP contribution is -2.12. The van der Waals surface area contributed by atoms with Gasteiger partial charge in [-0.15, -0.1) is 11.3 Å². The van der Waals surface area contributed by atoms with Gasteiger partial charge in [-0.3, -0.25) is 4.79 Å². The number of carbonyl (C=O) groups excluding carboxylic acids is 1. The van der Waals surface area contributed by atoms with Gasteiger partial charge in [-0.1, -0.05) is 47.5 Å². The number of benzene rings is 2. The Balaban J connectivity index is 1.75. The van der Waals surface area contributed by atoms with Crippen LogP contribution in [0.15, 0.2) is 72.9 Å². The first kappa shape index (κ1) is 17.8. The summed E-state index contributed by atoms with van der Waals surface area (Å²) in [6, 6.07) is 20.3. The average Bonchev–Trinajstić information content (AvgIpc) is 3.29. The standard InChI is InChI=1S/C20H13Cl2N3OS/c21-13-5-4-6-14(11-13)23-20(26)16-12-25(15-7-2-1-3-8-15)24-19(16)17-9-10-18(22)27-17/h1-12H,(H,23,26). The molecule has 27 heavy (non-hydrogen) atoms. The lowest BCUT2D eigenvalue weighted by atomic mass is 10.2. The lowest BCUT2D eigenvalue weighted by Gasteiger charge is -2.05. The maximum Gasteiger partial charge on any atom is 0.259 e. The number of thiophene rings is 1. The van der Waals surface area contributed by atoms with Gasteiger partial charge in [0.05, 0.1) is 20.5 Å². The quantitative estimate of drug-likeness (QED) is 0.435. The molecule has 1 amide bonds. The van der Waals surface area contributed by atoms with E-state index < -0.39 is 0 Å². The van der Waals surface area contributed by atoms with E-state index in [9.17, 15) is 4.79 Å². The van der Waals surface area contributed by atoms with Crippen LogP contribution in [0.2, 0.25) is 9.36 Å². The third kappa shape index (κ3) is 3.90. The Bertz CT molecular complexity index is 1110. The van der Waals surface area contributed by atoms with E-state index in [4.69, 9.17) is 23.2 Å². The molecule has 4 rings (SSSR count). The highest BCUT2D eigenvalue weighted by molar-refractivity contribution is 7.19. The van der Waals surface area contributed by atoms with E-state index in [1.54, 1.807) is 41.2 Å². The summed E-state index contributed by atoms with van der Waals surface area (Å²) < 4.78 is 2.33. The Morgan fingerprint density at radius 2 is 1.81 bits per heavy atom. The van der Waals surface area contributed by atoms with Gasteiger partial charge >= 0.3 is 0 Å². The number of nitrogens with zero attached hydrogens (tertiary/aromatic N) is 2. The van der Waals surface area contributed by atoms with Crippen LogP contribution in [0.5, 0.6) is 0 Å². The monoisotopic (exact) mass is 413 g/mol. The highest BCUT2D eigenvalue weighted by Crippen LogP contribution is 2.33.